The molecule has 0 bridgehead atoms. The number of benzene rings is 3. The highest BCUT2D eigenvalue weighted by atomic mass is 16.5. The molecule has 0 aliphatic heterocycles. The van der Waals surface area contributed by atoms with Crippen molar-refractivity contribution >= 4 is 5.97 Å². The monoisotopic (exact) mass is 387 g/mol. The zero-order chi connectivity index (χ0) is 20.8. The number of nitrogens with zero attached hydrogens (tertiary/aromatic N) is 1. The van der Waals surface area contributed by atoms with Gasteiger partial charge >= 0.3 is 5.97 Å². The minimum Gasteiger partial charge on any atom is -0.497 e. The number of carbonyl (C=O) groups excluding carboxylic acids is 1. The number of methoxy groups -OCH3 is 2. The highest BCUT2D eigenvalue weighted by molar-refractivity contribution is 5.98. The van der Waals surface area contributed by atoms with E-state index < -0.39 is 5.97 Å². The van der Waals surface area contributed by atoms with Crippen LogP contribution < -0.4 is 9.47 Å². The van der Waals surface area contributed by atoms with Crippen LogP contribution in [0, 0.1) is 11.3 Å². The second kappa shape index (κ2) is 8.94. The fourth-order valence-corrected chi connectivity index (χ4v) is 3.17. The molecule has 0 radical (unpaired) electrons. The molecule has 146 valence electrons. The smallest absolute Gasteiger partial charge is 0.339 e. The van der Waals surface area contributed by atoms with E-state index in [1.807, 2.05) is 48.5 Å². The Morgan fingerprint density at radius 1 is 0.931 bits per heavy atom. The average molecular weight is 387 g/mol. The van der Waals surface area contributed by atoms with Crippen LogP contribution >= 0.6 is 0 Å². The summed E-state index contributed by atoms with van der Waals surface area (Å²) < 4.78 is 16.0. The Morgan fingerprint density at radius 2 is 1.69 bits per heavy atom. The molecule has 3 aromatic carbocycles. The van der Waals surface area contributed by atoms with Gasteiger partial charge in [0.05, 0.1) is 32.0 Å². The normalized spacial score (nSPS) is 10.1. The molecule has 3 rings (SSSR count). The molecule has 0 N–H and O–H groups in total. The van der Waals surface area contributed by atoms with Gasteiger partial charge in [-0.3, -0.25) is 0 Å². The summed E-state index contributed by atoms with van der Waals surface area (Å²) in [5.74, 6) is 0.728. The number of hydrogen-bond donors (Lipinski definition) is 0. The molecule has 0 aromatic heterocycles. The molecule has 0 saturated carbocycles. The molecule has 3 aromatic rings. The lowest BCUT2D eigenvalue weighted by Gasteiger charge is -2.15. The fourth-order valence-electron chi connectivity index (χ4n) is 3.17. The number of hydrogen-bond acceptors (Lipinski definition) is 5. The van der Waals surface area contributed by atoms with E-state index in [4.69, 9.17) is 14.2 Å². The summed E-state index contributed by atoms with van der Waals surface area (Å²) in [7, 11) is 3.16. The van der Waals surface area contributed by atoms with Crippen LogP contribution in [0.3, 0.4) is 0 Å². The van der Waals surface area contributed by atoms with Crippen molar-refractivity contribution in [1.29, 1.82) is 5.26 Å². The predicted molar refractivity (Wildman–Crippen MR) is 111 cm³/mol. The van der Waals surface area contributed by atoms with Crippen LogP contribution in [0.2, 0.25) is 0 Å². The first-order valence-corrected chi connectivity index (χ1v) is 9.16. The summed E-state index contributed by atoms with van der Waals surface area (Å²) in [6.45, 7) is 1.96. The van der Waals surface area contributed by atoms with Crippen molar-refractivity contribution in [1.82, 2.24) is 0 Å². The highest BCUT2D eigenvalue weighted by Crippen LogP contribution is 2.38. The molecule has 5 heteroatoms. The maximum absolute atomic E-state index is 12.6. The van der Waals surface area contributed by atoms with Crippen molar-refractivity contribution < 1.29 is 19.0 Å². The molecule has 29 heavy (non-hydrogen) atoms. The fraction of sp³-hybridized carbons (Fsp3) is 0.167. The highest BCUT2D eigenvalue weighted by Gasteiger charge is 2.21. The van der Waals surface area contributed by atoms with E-state index in [1.165, 1.54) is 0 Å². The van der Waals surface area contributed by atoms with Crippen LogP contribution in [0.5, 0.6) is 11.5 Å². The first-order valence-electron chi connectivity index (χ1n) is 9.16. The van der Waals surface area contributed by atoms with E-state index in [1.54, 1.807) is 33.3 Å². The Hall–Kier alpha value is -3.78. The van der Waals surface area contributed by atoms with Gasteiger partial charge < -0.3 is 14.2 Å². The molecule has 0 aliphatic rings. The Kier molecular flexibility index (Phi) is 6.16. The molecule has 0 atom stereocenters. The van der Waals surface area contributed by atoms with Crippen LogP contribution in [0.25, 0.3) is 22.3 Å². The number of nitriles is 1. The van der Waals surface area contributed by atoms with Gasteiger partial charge in [-0.05, 0) is 42.3 Å². The van der Waals surface area contributed by atoms with Gasteiger partial charge in [0.2, 0.25) is 0 Å². The van der Waals surface area contributed by atoms with Crippen molar-refractivity contribution in [2.24, 2.45) is 0 Å². The van der Waals surface area contributed by atoms with Gasteiger partial charge in [0.25, 0.3) is 0 Å². The second-order valence-corrected chi connectivity index (χ2v) is 6.21. The summed E-state index contributed by atoms with van der Waals surface area (Å²) in [5, 5.41) is 9.81. The molecular weight excluding hydrogens is 366 g/mol. The molecule has 0 spiro atoms. The first-order chi connectivity index (χ1) is 14.1. The minimum absolute atomic E-state index is 0.223. The number of esters is 1. The molecule has 0 amide bonds. The number of rotatable bonds is 6. The van der Waals surface area contributed by atoms with Gasteiger partial charge in [-0.25, -0.2) is 4.79 Å². The third-order valence-corrected chi connectivity index (χ3v) is 4.55. The zero-order valence-corrected chi connectivity index (χ0v) is 16.6. The van der Waals surface area contributed by atoms with E-state index in [2.05, 4.69) is 6.07 Å². The van der Waals surface area contributed by atoms with Crippen molar-refractivity contribution in [3.8, 4) is 39.8 Å². The van der Waals surface area contributed by atoms with Crippen molar-refractivity contribution in [3.63, 3.8) is 0 Å². The van der Waals surface area contributed by atoms with Gasteiger partial charge in [0, 0.05) is 17.2 Å². The second-order valence-electron chi connectivity index (χ2n) is 6.21. The molecule has 0 fully saturated rings. The van der Waals surface area contributed by atoms with Crippen LogP contribution in [0.15, 0.2) is 60.7 Å². The maximum atomic E-state index is 12.6. The minimum atomic E-state index is -0.532. The summed E-state index contributed by atoms with van der Waals surface area (Å²) in [6.07, 6.45) is 0. The molecule has 0 saturated heterocycles. The number of ether oxygens (including phenoxy) is 3. The Bertz CT molecular complexity index is 1070. The Morgan fingerprint density at radius 3 is 2.31 bits per heavy atom. The molecule has 0 aliphatic carbocycles. The summed E-state index contributed by atoms with van der Waals surface area (Å²) in [4.78, 5) is 12.6. The Balaban J connectivity index is 2.30. The summed E-state index contributed by atoms with van der Waals surface area (Å²) in [5.41, 5.74) is 3.52. The first kappa shape index (κ1) is 20.0. The van der Waals surface area contributed by atoms with E-state index in [-0.39, 0.29) is 17.7 Å². The van der Waals surface area contributed by atoms with Crippen molar-refractivity contribution in [3.05, 3.63) is 71.8 Å². The van der Waals surface area contributed by atoms with Gasteiger partial charge in [-0.1, -0.05) is 30.3 Å². The van der Waals surface area contributed by atoms with Crippen molar-refractivity contribution in [2.75, 3.05) is 20.8 Å². The zero-order valence-electron chi connectivity index (χ0n) is 16.6. The molecule has 0 heterocycles. The topological polar surface area (TPSA) is 68.6 Å². The van der Waals surface area contributed by atoms with Crippen LogP contribution in [-0.2, 0) is 4.74 Å². The predicted octanol–water partition coefficient (Wildman–Crippen LogP) is 5.09. The van der Waals surface area contributed by atoms with Gasteiger partial charge in [0.15, 0.2) is 0 Å². The third-order valence-electron chi connectivity index (χ3n) is 4.55. The molecular formula is C24H21NO4. The van der Waals surface area contributed by atoms with E-state index >= 15 is 0 Å². The largest absolute Gasteiger partial charge is 0.497 e. The standard InChI is InChI=1S/C24H21NO4/c1-4-29-24(26)21-13-17(19-11-10-18(27-2)14-23(19)28-3)12-20(22(21)15-25)16-8-6-5-7-9-16/h5-14H,4H2,1-3H3. The lowest BCUT2D eigenvalue weighted by atomic mass is 9.90. The summed E-state index contributed by atoms with van der Waals surface area (Å²) in [6, 6.07) is 20.7. The SMILES string of the molecule is CCOC(=O)c1cc(-c2ccc(OC)cc2OC)cc(-c2ccccc2)c1C#N. The number of carbonyl (C=O) groups is 1. The van der Waals surface area contributed by atoms with E-state index in [0.29, 0.717) is 17.1 Å². The van der Waals surface area contributed by atoms with Gasteiger partial charge in [-0.15, -0.1) is 0 Å². The van der Waals surface area contributed by atoms with Crippen molar-refractivity contribution in [2.45, 2.75) is 6.92 Å². The van der Waals surface area contributed by atoms with Crippen LogP contribution in [0.1, 0.15) is 22.8 Å². The Labute approximate surface area is 170 Å². The molecule has 0 unspecified atom stereocenters. The average Bonchev–Trinajstić information content (AvgIpc) is 2.78. The summed E-state index contributed by atoms with van der Waals surface area (Å²) >= 11 is 0. The quantitative estimate of drug-likeness (QED) is 0.551. The third kappa shape index (κ3) is 4.07. The lowest BCUT2D eigenvalue weighted by molar-refractivity contribution is 0.0526. The lowest BCUT2D eigenvalue weighted by Crippen LogP contribution is -2.08. The van der Waals surface area contributed by atoms with E-state index in [0.717, 1.165) is 16.7 Å². The van der Waals surface area contributed by atoms with E-state index in [9.17, 15) is 10.1 Å². The van der Waals surface area contributed by atoms with Crippen LogP contribution in [-0.4, -0.2) is 26.8 Å². The van der Waals surface area contributed by atoms with Gasteiger partial charge in [0.1, 0.15) is 17.6 Å². The van der Waals surface area contributed by atoms with Gasteiger partial charge in [-0.2, -0.15) is 5.26 Å². The maximum Gasteiger partial charge on any atom is 0.339 e. The van der Waals surface area contributed by atoms with Crippen LogP contribution in [0.4, 0.5) is 0 Å². The molecule has 5 nitrogen and oxygen atoms in total.